The maximum absolute atomic E-state index is 12.6. The SMILES string of the molecule is O=C(CNCC(F)(F)C(F)F)Nc1c(Cl)cccc1Cl. The van der Waals surface area contributed by atoms with Gasteiger partial charge in [-0.2, -0.15) is 8.78 Å². The molecule has 0 aromatic heterocycles. The lowest BCUT2D eigenvalue weighted by Gasteiger charge is -2.15. The number of benzene rings is 1. The van der Waals surface area contributed by atoms with E-state index >= 15 is 0 Å². The van der Waals surface area contributed by atoms with Crippen molar-refractivity contribution in [2.75, 3.05) is 18.4 Å². The third-order valence-electron chi connectivity index (χ3n) is 2.19. The number of rotatable bonds is 6. The molecular weight excluding hydrogens is 323 g/mol. The van der Waals surface area contributed by atoms with Crippen molar-refractivity contribution in [1.82, 2.24) is 5.32 Å². The molecule has 0 atom stereocenters. The van der Waals surface area contributed by atoms with Crippen molar-refractivity contribution in [2.45, 2.75) is 12.3 Å². The summed E-state index contributed by atoms with van der Waals surface area (Å²) in [6.45, 7) is -1.89. The smallest absolute Gasteiger partial charge is 0.319 e. The number of halogens is 6. The van der Waals surface area contributed by atoms with Crippen LogP contribution in [0, 0.1) is 0 Å². The Kier molecular flexibility index (Phi) is 6.04. The predicted octanol–water partition coefficient (Wildman–Crippen LogP) is 3.42. The number of carbonyl (C=O) groups excluding carboxylic acids is 1. The lowest BCUT2D eigenvalue weighted by Crippen LogP contribution is -2.41. The Morgan fingerprint density at radius 2 is 1.80 bits per heavy atom. The molecule has 0 aliphatic rings. The Morgan fingerprint density at radius 1 is 1.25 bits per heavy atom. The minimum atomic E-state index is -4.19. The zero-order valence-corrected chi connectivity index (χ0v) is 11.4. The largest absolute Gasteiger partial charge is 0.322 e. The molecule has 0 aliphatic carbocycles. The quantitative estimate of drug-likeness (QED) is 0.784. The van der Waals surface area contributed by atoms with E-state index in [0.717, 1.165) is 0 Å². The summed E-state index contributed by atoms with van der Waals surface area (Å²) >= 11 is 11.6. The highest BCUT2D eigenvalue weighted by atomic mass is 35.5. The van der Waals surface area contributed by atoms with Crippen LogP contribution < -0.4 is 10.6 Å². The van der Waals surface area contributed by atoms with Gasteiger partial charge in [0.1, 0.15) is 0 Å². The second-order valence-corrected chi connectivity index (χ2v) is 4.62. The highest BCUT2D eigenvalue weighted by Crippen LogP contribution is 2.29. The van der Waals surface area contributed by atoms with Gasteiger partial charge in [0, 0.05) is 0 Å². The molecule has 0 saturated carbocycles. The number of hydrogen-bond acceptors (Lipinski definition) is 2. The van der Waals surface area contributed by atoms with Crippen LogP contribution in [-0.2, 0) is 4.79 Å². The van der Waals surface area contributed by atoms with E-state index in [4.69, 9.17) is 23.2 Å². The average Bonchev–Trinajstić information content (AvgIpc) is 2.33. The first kappa shape index (κ1) is 17.0. The molecule has 20 heavy (non-hydrogen) atoms. The summed E-state index contributed by atoms with van der Waals surface area (Å²) in [6, 6.07) is 4.50. The van der Waals surface area contributed by atoms with Crippen molar-refractivity contribution in [2.24, 2.45) is 0 Å². The zero-order valence-electron chi connectivity index (χ0n) is 9.90. The highest BCUT2D eigenvalue weighted by Gasteiger charge is 2.40. The number of carbonyl (C=O) groups is 1. The number of amides is 1. The number of alkyl halides is 4. The molecule has 0 saturated heterocycles. The van der Waals surface area contributed by atoms with Crippen molar-refractivity contribution in [3.63, 3.8) is 0 Å². The predicted molar refractivity (Wildman–Crippen MR) is 68.9 cm³/mol. The molecule has 0 heterocycles. The van der Waals surface area contributed by atoms with Gasteiger partial charge in [-0.3, -0.25) is 4.79 Å². The third-order valence-corrected chi connectivity index (χ3v) is 2.82. The normalized spacial score (nSPS) is 11.8. The van der Waals surface area contributed by atoms with Crippen LogP contribution in [0.25, 0.3) is 0 Å². The van der Waals surface area contributed by atoms with Gasteiger partial charge in [-0.25, -0.2) is 8.78 Å². The fourth-order valence-electron chi connectivity index (χ4n) is 1.22. The van der Waals surface area contributed by atoms with Crippen molar-refractivity contribution in [3.8, 4) is 0 Å². The van der Waals surface area contributed by atoms with Crippen LogP contribution in [0.15, 0.2) is 18.2 Å². The molecule has 0 radical (unpaired) electrons. The van der Waals surface area contributed by atoms with E-state index in [-0.39, 0.29) is 15.7 Å². The van der Waals surface area contributed by atoms with E-state index < -0.39 is 31.3 Å². The molecule has 0 bridgehead atoms. The van der Waals surface area contributed by atoms with Gasteiger partial charge in [-0.1, -0.05) is 29.3 Å². The first-order chi connectivity index (χ1) is 9.24. The maximum atomic E-state index is 12.6. The van der Waals surface area contributed by atoms with Gasteiger partial charge in [0.2, 0.25) is 5.91 Å². The minimum Gasteiger partial charge on any atom is -0.322 e. The Balaban J connectivity index is 2.49. The van der Waals surface area contributed by atoms with Crippen LogP contribution in [0.2, 0.25) is 10.0 Å². The Hall–Kier alpha value is -1.05. The van der Waals surface area contributed by atoms with Crippen LogP contribution in [-0.4, -0.2) is 31.3 Å². The molecule has 1 aromatic carbocycles. The van der Waals surface area contributed by atoms with Crippen molar-refractivity contribution < 1.29 is 22.4 Å². The fourth-order valence-corrected chi connectivity index (χ4v) is 1.71. The van der Waals surface area contributed by atoms with Crippen molar-refractivity contribution in [1.29, 1.82) is 0 Å². The van der Waals surface area contributed by atoms with E-state index in [2.05, 4.69) is 5.32 Å². The first-order valence-electron chi connectivity index (χ1n) is 5.34. The lowest BCUT2D eigenvalue weighted by molar-refractivity contribution is -0.127. The van der Waals surface area contributed by atoms with Crippen LogP contribution in [0.5, 0.6) is 0 Å². The highest BCUT2D eigenvalue weighted by molar-refractivity contribution is 6.39. The van der Waals surface area contributed by atoms with Gasteiger partial charge >= 0.3 is 12.3 Å². The molecule has 2 N–H and O–H groups in total. The molecule has 0 aliphatic heterocycles. The molecule has 9 heteroatoms. The standard InChI is InChI=1S/C11H10Cl2F4N2O/c12-6-2-1-3-7(13)9(6)19-8(20)4-18-5-11(16,17)10(14)15/h1-3,10,18H,4-5H2,(H,19,20). The Bertz CT molecular complexity index is 465. The maximum Gasteiger partial charge on any atom is 0.319 e. The third kappa shape index (κ3) is 4.81. The van der Waals surface area contributed by atoms with Gasteiger partial charge in [0.05, 0.1) is 28.8 Å². The van der Waals surface area contributed by atoms with Crippen molar-refractivity contribution in [3.05, 3.63) is 28.2 Å². The van der Waals surface area contributed by atoms with Crippen LogP contribution >= 0.6 is 23.2 Å². The molecule has 1 amide bonds. The van der Waals surface area contributed by atoms with Crippen LogP contribution in [0.4, 0.5) is 23.2 Å². The molecule has 3 nitrogen and oxygen atoms in total. The minimum absolute atomic E-state index is 0.128. The van der Waals surface area contributed by atoms with Gasteiger partial charge in [0.15, 0.2) is 0 Å². The van der Waals surface area contributed by atoms with Crippen LogP contribution in [0.3, 0.4) is 0 Å². The van der Waals surface area contributed by atoms with Crippen LogP contribution in [0.1, 0.15) is 0 Å². The summed E-state index contributed by atoms with van der Waals surface area (Å²) in [4.78, 5) is 11.4. The second-order valence-electron chi connectivity index (χ2n) is 3.81. The van der Waals surface area contributed by atoms with Crippen molar-refractivity contribution >= 4 is 34.8 Å². The topological polar surface area (TPSA) is 41.1 Å². The number of hydrogen-bond donors (Lipinski definition) is 2. The average molecular weight is 333 g/mol. The molecule has 0 unspecified atom stereocenters. The first-order valence-corrected chi connectivity index (χ1v) is 6.10. The summed E-state index contributed by atoms with van der Waals surface area (Å²) < 4.78 is 48.9. The summed E-state index contributed by atoms with van der Waals surface area (Å²) in [5.41, 5.74) is 0.128. The lowest BCUT2D eigenvalue weighted by atomic mass is 10.3. The zero-order chi connectivity index (χ0) is 15.3. The van der Waals surface area contributed by atoms with Gasteiger partial charge in [0.25, 0.3) is 0 Å². The van der Waals surface area contributed by atoms with Gasteiger partial charge in [-0.15, -0.1) is 0 Å². The Labute approximate surface area is 122 Å². The number of para-hydroxylation sites is 1. The van der Waals surface area contributed by atoms with E-state index in [0.29, 0.717) is 0 Å². The summed E-state index contributed by atoms with van der Waals surface area (Å²) in [5, 5.41) is 4.57. The number of nitrogens with one attached hydrogen (secondary N) is 2. The van der Waals surface area contributed by atoms with E-state index in [1.165, 1.54) is 12.1 Å². The van der Waals surface area contributed by atoms with Gasteiger partial charge in [-0.05, 0) is 12.1 Å². The van der Waals surface area contributed by atoms with E-state index in [9.17, 15) is 22.4 Å². The Morgan fingerprint density at radius 3 is 2.30 bits per heavy atom. The summed E-state index contributed by atoms with van der Waals surface area (Å²) in [7, 11) is 0. The molecular formula is C11H10Cl2F4N2O. The fraction of sp³-hybridized carbons (Fsp3) is 0.364. The molecule has 0 fully saturated rings. The summed E-state index contributed by atoms with van der Waals surface area (Å²) in [5.74, 6) is -4.92. The summed E-state index contributed by atoms with van der Waals surface area (Å²) in [6.07, 6.45) is -3.80. The molecule has 112 valence electrons. The van der Waals surface area contributed by atoms with Gasteiger partial charge < -0.3 is 10.6 Å². The van der Waals surface area contributed by atoms with E-state index in [1.807, 2.05) is 5.32 Å². The second kappa shape index (κ2) is 7.10. The molecule has 1 rings (SSSR count). The van der Waals surface area contributed by atoms with E-state index in [1.54, 1.807) is 6.07 Å². The number of anilines is 1. The molecule has 0 spiro atoms. The monoisotopic (exact) mass is 332 g/mol. The molecule has 1 aromatic rings.